The van der Waals surface area contributed by atoms with Gasteiger partial charge in [-0.25, -0.2) is 0 Å². The highest BCUT2D eigenvalue weighted by atomic mass is 16.5. The van der Waals surface area contributed by atoms with E-state index in [4.69, 9.17) is 9.26 Å². The first-order valence-corrected chi connectivity index (χ1v) is 10.5. The number of fused-ring (bicyclic) bond motifs is 1. The second-order valence-corrected chi connectivity index (χ2v) is 8.00. The van der Waals surface area contributed by atoms with E-state index in [-0.39, 0.29) is 12.0 Å². The van der Waals surface area contributed by atoms with Gasteiger partial charge in [0.2, 0.25) is 5.88 Å². The first-order chi connectivity index (χ1) is 15.6. The summed E-state index contributed by atoms with van der Waals surface area (Å²) in [5.74, 6) is 1.82. The van der Waals surface area contributed by atoms with Crippen LogP contribution in [-0.2, 0) is 0 Å². The lowest BCUT2D eigenvalue weighted by Gasteiger charge is -2.18. The van der Waals surface area contributed by atoms with Crippen molar-refractivity contribution < 1.29 is 14.1 Å². The highest BCUT2D eigenvalue weighted by Crippen LogP contribution is 2.30. The number of nitrogens with zero attached hydrogens (tertiary/aromatic N) is 5. The number of hydrogen-bond donors (Lipinski definition) is 0. The Labute approximate surface area is 185 Å². The zero-order valence-corrected chi connectivity index (χ0v) is 17.9. The summed E-state index contributed by atoms with van der Waals surface area (Å²) in [6.07, 6.45) is 3.90. The molecule has 8 heteroatoms. The molecule has 162 valence electrons. The van der Waals surface area contributed by atoms with E-state index in [2.05, 4.69) is 15.1 Å². The van der Waals surface area contributed by atoms with Crippen molar-refractivity contribution in [1.29, 1.82) is 0 Å². The van der Waals surface area contributed by atoms with Gasteiger partial charge in [0.15, 0.2) is 11.6 Å². The third-order valence-corrected chi connectivity index (χ3v) is 5.54. The number of aromatic nitrogens is 3. The molecule has 1 fully saturated rings. The van der Waals surface area contributed by atoms with Gasteiger partial charge in [-0.15, -0.1) is 0 Å². The van der Waals surface area contributed by atoms with Crippen LogP contribution in [0, 0.1) is 0 Å². The molecule has 0 spiro atoms. The van der Waals surface area contributed by atoms with E-state index in [1.54, 1.807) is 18.5 Å². The SMILES string of the molecule is CN(C)c1cncc(OC2CCN(C(=O)c3ccc4noc(-c5ccccc5)c4c3)C2)n1. The van der Waals surface area contributed by atoms with Crippen LogP contribution in [-0.4, -0.2) is 59.2 Å². The van der Waals surface area contributed by atoms with Crippen LogP contribution in [0.4, 0.5) is 5.82 Å². The van der Waals surface area contributed by atoms with Crippen molar-refractivity contribution in [1.82, 2.24) is 20.0 Å². The molecule has 3 heterocycles. The Hall–Kier alpha value is -3.94. The molecule has 0 bridgehead atoms. The van der Waals surface area contributed by atoms with Crippen LogP contribution >= 0.6 is 0 Å². The molecule has 1 aliphatic rings. The van der Waals surface area contributed by atoms with Crippen LogP contribution in [0.3, 0.4) is 0 Å². The number of anilines is 1. The number of amides is 1. The number of likely N-dealkylation sites (tertiary alicyclic amines) is 1. The molecule has 5 rings (SSSR count). The first kappa shape index (κ1) is 20.0. The van der Waals surface area contributed by atoms with Crippen LogP contribution in [0.25, 0.3) is 22.2 Å². The lowest BCUT2D eigenvalue weighted by Crippen LogP contribution is -2.31. The van der Waals surface area contributed by atoms with E-state index >= 15 is 0 Å². The maximum absolute atomic E-state index is 13.2. The normalized spacial score (nSPS) is 15.8. The van der Waals surface area contributed by atoms with E-state index < -0.39 is 0 Å². The maximum atomic E-state index is 13.2. The molecule has 0 saturated carbocycles. The number of ether oxygens (including phenoxy) is 1. The summed E-state index contributed by atoms with van der Waals surface area (Å²) in [6, 6.07) is 15.2. The highest BCUT2D eigenvalue weighted by Gasteiger charge is 2.29. The lowest BCUT2D eigenvalue weighted by atomic mass is 10.1. The minimum absolute atomic E-state index is 0.0358. The number of hydrogen-bond acceptors (Lipinski definition) is 7. The molecule has 1 atom stereocenters. The van der Waals surface area contributed by atoms with Gasteiger partial charge < -0.3 is 19.1 Å². The molecule has 0 radical (unpaired) electrons. The van der Waals surface area contributed by atoms with Gasteiger partial charge in [-0.05, 0) is 18.2 Å². The van der Waals surface area contributed by atoms with Gasteiger partial charge >= 0.3 is 0 Å². The van der Waals surface area contributed by atoms with Crippen molar-refractivity contribution in [2.75, 3.05) is 32.1 Å². The second kappa shape index (κ2) is 8.30. The minimum Gasteiger partial charge on any atom is -0.471 e. The average Bonchev–Trinajstić information content (AvgIpc) is 3.46. The number of carbonyl (C=O) groups is 1. The summed E-state index contributed by atoms with van der Waals surface area (Å²) in [4.78, 5) is 25.5. The quantitative estimate of drug-likeness (QED) is 0.479. The fourth-order valence-electron chi connectivity index (χ4n) is 3.85. The second-order valence-electron chi connectivity index (χ2n) is 8.00. The van der Waals surface area contributed by atoms with Gasteiger partial charge in [-0.3, -0.25) is 9.78 Å². The van der Waals surface area contributed by atoms with Gasteiger partial charge in [-0.2, -0.15) is 4.98 Å². The van der Waals surface area contributed by atoms with Crippen LogP contribution in [0.1, 0.15) is 16.8 Å². The molecule has 2 aromatic heterocycles. The van der Waals surface area contributed by atoms with Gasteiger partial charge in [0.1, 0.15) is 11.6 Å². The molecule has 4 aromatic rings. The van der Waals surface area contributed by atoms with Gasteiger partial charge in [0, 0.05) is 38.2 Å². The van der Waals surface area contributed by atoms with Gasteiger partial charge in [-0.1, -0.05) is 35.5 Å². The summed E-state index contributed by atoms with van der Waals surface area (Å²) < 4.78 is 11.6. The lowest BCUT2D eigenvalue weighted by molar-refractivity contribution is 0.0771. The molecule has 8 nitrogen and oxygen atoms in total. The average molecular weight is 429 g/mol. The third kappa shape index (κ3) is 3.87. The number of benzene rings is 2. The van der Waals surface area contributed by atoms with Gasteiger partial charge in [0.25, 0.3) is 5.91 Å². The van der Waals surface area contributed by atoms with Crippen LogP contribution in [0.15, 0.2) is 65.4 Å². The Morgan fingerprint density at radius 2 is 2.00 bits per heavy atom. The van der Waals surface area contributed by atoms with Crippen molar-refractivity contribution in [3.05, 3.63) is 66.5 Å². The molecule has 1 amide bonds. The van der Waals surface area contributed by atoms with Crippen molar-refractivity contribution in [3.63, 3.8) is 0 Å². The predicted octanol–water partition coefficient (Wildman–Crippen LogP) is 3.64. The number of carbonyl (C=O) groups excluding carboxylic acids is 1. The standard InChI is InChI=1S/C24H23N5O3/c1-28(2)21-13-25-14-22(26-21)31-18-10-11-29(15-18)24(30)17-8-9-20-19(12-17)23(32-27-20)16-6-4-3-5-7-16/h3-9,12-14,18H,10-11,15H2,1-2H3. The van der Waals surface area contributed by atoms with Crippen LogP contribution in [0.2, 0.25) is 0 Å². The van der Waals surface area contributed by atoms with Crippen molar-refractivity contribution in [3.8, 4) is 17.2 Å². The van der Waals surface area contributed by atoms with E-state index in [0.717, 1.165) is 28.7 Å². The van der Waals surface area contributed by atoms with E-state index in [0.29, 0.717) is 30.3 Å². The Kier molecular flexibility index (Phi) is 5.18. The molecule has 1 saturated heterocycles. The van der Waals surface area contributed by atoms with Crippen LogP contribution in [0.5, 0.6) is 5.88 Å². The molecule has 0 N–H and O–H groups in total. The minimum atomic E-state index is -0.120. The van der Waals surface area contributed by atoms with Crippen molar-refractivity contribution in [2.45, 2.75) is 12.5 Å². The van der Waals surface area contributed by atoms with Crippen LogP contribution < -0.4 is 9.64 Å². The van der Waals surface area contributed by atoms with Crippen molar-refractivity contribution >= 4 is 22.6 Å². The molecular weight excluding hydrogens is 406 g/mol. The summed E-state index contributed by atoms with van der Waals surface area (Å²) in [5.41, 5.74) is 2.26. The van der Waals surface area contributed by atoms with Crippen molar-refractivity contribution in [2.24, 2.45) is 0 Å². The summed E-state index contributed by atoms with van der Waals surface area (Å²) in [5, 5.41) is 4.96. The first-order valence-electron chi connectivity index (χ1n) is 10.5. The molecule has 1 aliphatic heterocycles. The monoisotopic (exact) mass is 429 g/mol. The number of rotatable bonds is 5. The Morgan fingerprint density at radius 1 is 1.16 bits per heavy atom. The summed E-state index contributed by atoms with van der Waals surface area (Å²) >= 11 is 0. The fraction of sp³-hybridized carbons (Fsp3) is 0.250. The van der Waals surface area contributed by atoms with E-state index in [1.807, 2.05) is 66.4 Å². The third-order valence-electron chi connectivity index (χ3n) is 5.54. The predicted molar refractivity (Wildman–Crippen MR) is 121 cm³/mol. The zero-order valence-electron chi connectivity index (χ0n) is 17.9. The summed E-state index contributed by atoms with van der Waals surface area (Å²) in [6.45, 7) is 1.12. The molecule has 0 aliphatic carbocycles. The molecular formula is C24H23N5O3. The largest absolute Gasteiger partial charge is 0.471 e. The molecule has 1 unspecified atom stereocenters. The Bertz CT molecular complexity index is 1250. The highest BCUT2D eigenvalue weighted by molar-refractivity contribution is 6.01. The maximum Gasteiger partial charge on any atom is 0.254 e. The Balaban J connectivity index is 1.32. The van der Waals surface area contributed by atoms with E-state index in [9.17, 15) is 4.79 Å². The van der Waals surface area contributed by atoms with Gasteiger partial charge in [0.05, 0.1) is 24.3 Å². The molecule has 2 aromatic carbocycles. The summed E-state index contributed by atoms with van der Waals surface area (Å²) in [7, 11) is 3.80. The Morgan fingerprint density at radius 3 is 2.81 bits per heavy atom. The molecule has 32 heavy (non-hydrogen) atoms. The zero-order chi connectivity index (χ0) is 22.1. The smallest absolute Gasteiger partial charge is 0.254 e. The fourth-order valence-corrected chi connectivity index (χ4v) is 3.85. The van der Waals surface area contributed by atoms with E-state index in [1.165, 1.54) is 0 Å². The topological polar surface area (TPSA) is 84.6 Å².